The molecule has 0 saturated carbocycles. The third kappa shape index (κ3) is 6.03. The molecule has 1 aromatic carbocycles. The van der Waals surface area contributed by atoms with Crippen LogP contribution in [0, 0.1) is 0 Å². The van der Waals surface area contributed by atoms with E-state index >= 15 is 0 Å². The van der Waals surface area contributed by atoms with Crippen molar-refractivity contribution in [2.45, 2.75) is 32.7 Å². The van der Waals surface area contributed by atoms with Gasteiger partial charge in [-0.3, -0.25) is 4.98 Å². The third-order valence-corrected chi connectivity index (χ3v) is 3.70. The van der Waals surface area contributed by atoms with Crippen molar-refractivity contribution in [2.24, 2.45) is 0 Å². The molecular formula is C17H17ClF3N3OS. The predicted molar refractivity (Wildman–Crippen MR) is 99.5 cm³/mol. The van der Waals surface area contributed by atoms with Crippen LogP contribution in [0.4, 0.5) is 18.9 Å². The van der Waals surface area contributed by atoms with Gasteiger partial charge >= 0.3 is 6.18 Å². The number of thiocarbonyl (C=S) groups is 1. The molecule has 0 fully saturated rings. The quantitative estimate of drug-likeness (QED) is 0.686. The van der Waals surface area contributed by atoms with Crippen LogP contribution in [0.5, 0.6) is 5.75 Å². The van der Waals surface area contributed by atoms with Crippen molar-refractivity contribution >= 4 is 34.6 Å². The molecule has 0 aliphatic carbocycles. The van der Waals surface area contributed by atoms with Crippen LogP contribution >= 0.6 is 23.8 Å². The molecule has 0 aliphatic rings. The second-order valence-corrected chi connectivity index (χ2v) is 6.47. The van der Waals surface area contributed by atoms with E-state index in [4.69, 9.17) is 28.6 Å². The Hall–Kier alpha value is -2.06. The SMILES string of the molecule is CC(C)Oc1cccc(NC(=S)NCc2ncc(C(F)(F)F)cc2Cl)c1. The van der Waals surface area contributed by atoms with Gasteiger partial charge in [0.15, 0.2) is 5.11 Å². The Morgan fingerprint density at radius 2 is 2.04 bits per heavy atom. The smallest absolute Gasteiger partial charge is 0.417 e. The zero-order valence-corrected chi connectivity index (χ0v) is 15.6. The summed E-state index contributed by atoms with van der Waals surface area (Å²) in [4.78, 5) is 3.75. The summed E-state index contributed by atoms with van der Waals surface area (Å²) in [6, 6.07) is 8.08. The molecule has 1 aromatic heterocycles. The highest BCUT2D eigenvalue weighted by Gasteiger charge is 2.31. The van der Waals surface area contributed by atoms with Crippen molar-refractivity contribution in [3.05, 3.63) is 52.8 Å². The Morgan fingerprint density at radius 3 is 2.65 bits per heavy atom. The highest BCUT2D eigenvalue weighted by molar-refractivity contribution is 7.80. The van der Waals surface area contributed by atoms with E-state index in [1.54, 1.807) is 6.07 Å². The number of hydrogen-bond donors (Lipinski definition) is 2. The number of ether oxygens (including phenoxy) is 1. The van der Waals surface area contributed by atoms with Crippen molar-refractivity contribution in [3.8, 4) is 5.75 Å². The molecule has 0 aliphatic heterocycles. The van der Waals surface area contributed by atoms with Gasteiger partial charge in [0.2, 0.25) is 0 Å². The number of halogens is 4. The molecule has 0 saturated heterocycles. The monoisotopic (exact) mass is 403 g/mol. The second-order valence-electron chi connectivity index (χ2n) is 5.65. The van der Waals surface area contributed by atoms with Gasteiger partial charge in [-0.1, -0.05) is 17.7 Å². The molecule has 4 nitrogen and oxygen atoms in total. The summed E-state index contributed by atoms with van der Waals surface area (Å²) in [5.41, 5.74) is 0.0850. The number of nitrogens with zero attached hydrogens (tertiary/aromatic N) is 1. The van der Waals surface area contributed by atoms with Crippen molar-refractivity contribution < 1.29 is 17.9 Å². The lowest BCUT2D eigenvalue weighted by atomic mass is 10.2. The lowest BCUT2D eigenvalue weighted by molar-refractivity contribution is -0.137. The summed E-state index contributed by atoms with van der Waals surface area (Å²) in [5, 5.41) is 6.03. The largest absolute Gasteiger partial charge is 0.491 e. The first-order valence-corrected chi connectivity index (χ1v) is 8.47. The third-order valence-electron chi connectivity index (χ3n) is 3.12. The van der Waals surface area contributed by atoms with E-state index in [-0.39, 0.29) is 28.5 Å². The summed E-state index contributed by atoms with van der Waals surface area (Å²) >= 11 is 11.0. The molecule has 140 valence electrons. The Balaban J connectivity index is 1.95. The Morgan fingerprint density at radius 1 is 1.31 bits per heavy atom. The lowest BCUT2D eigenvalue weighted by Crippen LogP contribution is -2.28. The highest BCUT2D eigenvalue weighted by Crippen LogP contribution is 2.31. The number of alkyl halides is 3. The number of benzene rings is 1. The molecule has 0 bridgehead atoms. The molecule has 0 atom stereocenters. The summed E-state index contributed by atoms with van der Waals surface area (Å²) in [6.45, 7) is 3.94. The molecular weight excluding hydrogens is 387 g/mol. The molecule has 0 unspecified atom stereocenters. The number of rotatable bonds is 5. The topological polar surface area (TPSA) is 46.2 Å². The van der Waals surface area contributed by atoms with Crippen LogP contribution < -0.4 is 15.4 Å². The average Bonchev–Trinajstić information content (AvgIpc) is 2.52. The summed E-state index contributed by atoms with van der Waals surface area (Å²) in [7, 11) is 0. The van der Waals surface area contributed by atoms with Crippen molar-refractivity contribution in [2.75, 3.05) is 5.32 Å². The number of pyridine rings is 1. The minimum absolute atomic E-state index is 0.0446. The normalized spacial score (nSPS) is 11.3. The zero-order valence-electron chi connectivity index (χ0n) is 14.0. The van der Waals surface area contributed by atoms with Gasteiger partial charge < -0.3 is 15.4 Å². The Labute approximate surface area is 159 Å². The predicted octanol–water partition coefficient (Wildman–Crippen LogP) is 5.03. The first-order chi connectivity index (χ1) is 12.1. The van der Waals surface area contributed by atoms with E-state index in [1.807, 2.05) is 32.0 Å². The minimum atomic E-state index is -4.48. The standard InChI is InChI=1S/C17H17ClF3N3OS/c1-10(2)25-13-5-3-4-12(7-13)24-16(26)23-9-15-14(18)6-11(8-22-15)17(19,20)21/h3-8,10H,9H2,1-2H3,(H2,23,24,26). The lowest BCUT2D eigenvalue weighted by Gasteiger charge is -2.14. The summed E-state index contributed by atoms with van der Waals surface area (Å²) < 4.78 is 43.4. The van der Waals surface area contributed by atoms with Gasteiger partial charge in [-0.05, 0) is 44.3 Å². The summed E-state index contributed by atoms with van der Waals surface area (Å²) in [6.07, 6.45) is -3.70. The van der Waals surface area contributed by atoms with Gasteiger partial charge in [-0.2, -0.15) is 13.2 Å². The Bertz CT molecular complexity index is 784. The average molecular weight is 404 g/mol. The number of aromatic nitrogens is 1. The van der Waals surface area contributed by atoms with E-state index in [9.17, 15) is 13.2 Å². The van der Waals surface area contributed by atoms with Crippen LogP contribution in [0.2, 0.25) is 5.02 Å². The number of nitrogens with one attached hydrogen (secondary N) is 2. The first kappa shape index (κ1) is 20.3. The maximum absolute atomic E-state index is 12.6. The van der Waals surface area contributed by atoms with Crippen molar-refractivity contribution in [1.29, 1.82) is 0 Å². The molecule has 26 heavy (non-hydrogen) atoms. The van der Waals surface area contributed by atoms with E-state index in [0.29, 0.717) is 11.4 Å². The van der Waals surface area contributed by atoms with Gasteiger partial charge in [-0.25, -0.2) is 0 Å². The summed E-state index contributed by atoms with van der Waals surface area (Å²) in [5.74, 6) is 0.695. The fourth-order valence-electron chi connectivity index (χ4n) is 2.01. The van der Waals surface area contributed by atoms with Crippen LogP contribution in [0.15, 0.2) is 36.5 Å². The van der Waals surface area contributed by atoms with Gasteiger partial charge in [0.05, 0.1) is 28.9 Å². The van der Waals surface area contributed by atoms with E-state index in [2.05, 4.69) is 15.6 Å². The van der Waals surface area contributed by atoms with E-state index in [0.717, 1.165) is 12.3 Å². The maximum Gasteiger partial charge on any atom is 0.417 e. The molecule has 2 rings (SSSR count). The molecule has 2 N–H and O–H groups in total. The van der Waals surface area contributed by atoms with Gasteiger partial charge in [0.25, 0.3) is 0 Å². The van der Waals surface area contributed by atoms with E-state index in [1.165, 1.54) is 0 Å². The first-order valence-electron chi connectivity index (χ1n) is 7.68. The number of hydrogen-bond acceptors (Lipinski definition) is 3. The fourth-order valence-corrected chi connectivity index (χ4v) is 2.43. The molecule has 9 heteroatoms. The number of anilines is 1. The van der Waals surface area contributed by atoms with Crippen LogP contribution in [-0.4, -0.2) is 16.2 Å². The molecule has 0 spiro atoms. The van der Waals surface area contributed by atoms with Crippen LogP contribution in [0.25, 0.3) is 0 Å². The minimum Gasteiger partial charge on any atom is -0.491 e. The maximum atomic E-state index is 12.6. The van der Waals surface area contributed by atoms with Crippen molar-refractivity contribution in [1.82, 2.24) is 10.3 Å². The second kappa shape index (κ2) is 8.55. The Kier molecular flexibility index (Phi) is 6.66. The van der Waals surface area contributed by atoms with Gasteiger partial charge in [0.1, 0.15) is 5.75 Å². The van der Waals surface area contributed by atoms with Gasteiger partial charge in [-0.15, -0.1) is 0 Å². The van der Waals surface area contributed by atoms with Gasteiger partial charge in [0, 0.05) is 18.0 Å². The van der Waals surface area contributed by atoms with Crippen LogP contribution in [-0.2, 0) is 12.7 Å². The highest BCUT2D eigenvalue weighted by atomic mass is 35.5. The molecule has 2 aromatic rings. The zero-order chi connectivity index (χ0) is 19.3. The van der Waals surface area contributed by atoms with Crippen molar-refractivity contribution in [3.63, 3.8) is 0 Å². The molecule has 1 heterocycles. The molecule has 0 radical (unpaired) electrons. The van der Waals surface area contributed by atoms with Crippen LogP contribution in [0.3, 0.4) is 0 Å². The van der Waals surface area contributed by atoms with Crippen LogP contribution in [0.1, 0.15) is 25.1 Å². The fraction of sp³-hybridized carbons (Fsp3) is 0.294. The van der Waals surface area contributed by atoms with E-state index < -0.39 is 11.7 Å². The molecule has 0 amide bonds.